The van der Waals surface area contributed by atoms with Crippen LogP contribution in [0.2, 0.25) is 0 Å². The second kappa shape index (κ2) is 8.56. The minimum absolute atomic E-state index is 0.0141. The van der Waals surface area contributed by atoms with Gasteiger partial charge in [-0.25, -0.2) is 9.59 Å². The van der Waals surface area contributed by atoms with Crippen molar-refractivity contribution in [2.75, 3.05) is 26.0 Å². The number of rotatable bonds is 7. The first-order chi connectivity index (χ1) is 9.97. The van der Waals surface area contributed by atoms with Gasteiger partial charge in [-0.2, -0.15) is 11.8 Å². The van der Waals surface area contributed by atoms with Crippen molar-refractivity contribution in [1.29, 1.82) is 0 Å². The summed E-state index contributed by atoms with van der Waals surface area (Å²) in [5, 5.41) is 5.17. The van der Waals surface area contributed by atoms with Crippen LogP contribution in [0.1, 0.15) is 20.3 Å². The third-order valence-electron chi connectivity index (χ3n) is 2.77. The second-order valence-corrected chi connectivity index (χ2v) is 5.81. The molecule has 21 heavy (non-hydrogen) atoms. The number of amides is 2. The van der Waals surface area contributed by atoms with Crippen LogP contribution in [-0.4, -0.2) is 49.2 Å². The van der Waals surface area contributed by atoms with Crippen LogP contribution in [-0.2, 0) is 19.1 Å². The lowest BCUT2D eigenvalue weighted by atomic mass is 10.2. The Kier molecular flexibility index (Phi) is 7.07. The summed E-state index contributed by atoms with van der Waals surface area (Å²) in [5.74, 6) is -0.315. The molecule has 0 aromatic carbocycles. The summed E-state index contributed by atoms with van der Waals surface area (Å²) in [5.41, 5.74) is 0.938. The maximum absolute atomic E-state index is 11.8. The molecular weight excluding hydrogens is 296 g/mol. The molecule has 0 bridgehead atoms. The van der Waals surface area contributed by atoms with Gasteiger partial charge in [0.1, 0.15) is 0 Å². The van der Waals surface area contributed by atoms with Crippen LogP contribution in [0.5, 0.6) is 0 Å². The molecule has 0 aliphatic carbocycles. The van der Waals surface area contributed by atoms with Crippen LogP contribution in [0.4, 0.5) is 4.79 Å². The van der Waals surface area contributed by atoms with E-state index >= 15 is 0 Å². The van der Waals surface area contributed by atoms with Gasteiger partial charge in [-0.15, -0.1) is 0 Å². The van der Waals surface area contributed by atoms with Gasteiger partial charge in [-0.1, -0.05) is 6.92 Å². The van der Waals surface area contributed by atoms with Crippen molar-refractivity contribution in [3.05, 3.63) is 11.3 Å². The fourth-order valence-electron chi connectivity index (χ4n) is 1.67. The molecule has 0 fully saturated rings. The van der Waals surface area contributed by atoms with Gasteiger partial charge in [0.2, 0.25) is 0 Å². The predicted octanol–water partition coefficient (Wildman–Crippen LogP) is 0.801. The first-order valence-corrected chi connectivity index (χ1v) is 7.65. The molecule has 118 valence electrons. The van der Waals surface area contributed by atoms with Crippen LogP contribution in [0.3, 0.4) is 0 Å². The number of hydrogen-bond acceptors (Lipinski definition) is 6. The Bertz CT molecular complexity index is 450. The number of urea groups is 1. The average Bonchev–Trinajstić information content (AvgIpc) is 2.45. The highest BCUT2D eigenvalue weighted by Crippen LogP contribution is 2.20. The largest absolute Gasteiger partial charge is 0.469 e. The molecule has 0 spiro atoms. The average molecular weight is 316 g/mol. The van der Waals surface area contributed by atoms with E-state index in [1.54, 1.807) is 6.92 Å². The van der Waals surface area contributed by atoms with Gasteiger partial charge in [0.15, 0.2) is 0 Å². The molecule has 1 atom stereocenters. The Morgan fingerprint density at radius 1 is 1.43 bits per heavy atom. The molecule has 2 N–H and O–H groups in total. The van der Waals surface area contributed by atoms with Crippen molar-refractivity contribution in [3.8, 4) is 0 Å². The highest BCUT2D eigenvalue weighted by molar-refractivity contribution is 8.00. The lowest BCUT2D eigenvalue weighted by molar-refractivity contribution is -0.140. The number of esters is 2. The molecule has 0 aromatic rings. The van der Waals surface area contributed by atoms with E-state index < -0.39 is 5.97 Å². The van der Waals surface area contributed by atoms with E-state index in [9.17, 15) is 14.4 Å². The van der Waals surface area contributed by atoms with Gasteiger partial charge in [-0.05, 0) is 6.92 Å². The maximum atomic E-state index is 11.8. The molecular formula is C13H20N2O5S. The number of carbonyl (C=O) groups is 3. The van der Waals surface area contributed by atoms with E-state index in [4.69, 9.17) is 4.74 Å². The van der Waals surface area contributed by atoms with Crippen LogP contribution in [0.15, 0.2) is 11.3 Å². The zero-order valence-corrected chi connectivity index (χ0v) is 13.2. The molecule has 7 nitrogen and oxygen atoms in total. The minimum atomic E-state index is -0.443. The van der Waals surface area contributed by atoms with Gasteiger partial charge >= 0.3 is 18.0 Å². The SMILES string of the molecule is CCOC(=O)C1=C(CSC(C)CC(=O)OC)NC(=O)NC1. The normalized spacial score (nSPS) is 15.9. The Hall–Kier alpha value is -1.70. The minimum Gasteiger partial charge on any atom is -0.469 e. The van der Waals surface area contributed by atoms with E-state index in [0.717, 1.165) is 0 Å². The van der Waals surface area contributed by atoms with Gasteiger partial charge in [-0.3, -0.25) is 4.79 Å². The zero-order chi connectivity index (χ0) is 15.8. The lowest BCUT2D eigenvalue weighted by Gasteiger charge is -2.22. The highest BCUT2D eigenvalue weighted by atomic mass is 32.2. The smallest absolute Gasteiger partial charge is 0.337 e. The summed E-state index contributed by atoms with van der Waals surface area (Å²) >= 11 is 1.46. The quantitative estimate of drug-likeness (QED) is 0.675. The molecule has 1 unspecified atom stereocenters. The van der Waals surface area contributed by atoms with Crippen LogP contribution in [0, 0.1) is 0 Å². The summed E-state index contributed by atoms with van der Waals surface area (Å²) in [6.45, 7) is 4.02. The number of nitrogens with one attached hydrogen (secondary N) is 2. The van der Waals surface area contributed by atoms with Crippen LogP contribution < -0.4 is 10.6 Å². The maximum Gasteiger partial charge on any atom is 0.337 e. The van der Waals surface area contributed by atoms with E-state index in [0.29, 0.717) is 17.0 Å². The summed E-state index contributed by atoms with van der Waals surface area (Å²) in [6.07, 6.45) is 0.273. The third kappa shape index (κ3) is 5.66. The number of ether oxygens (including phenoxy) is 2. The van der Waals surface area contributed by atoms with Crippen molar-refractivity contribution < 1.29 is 23.9 Å². The van der Waals surface area contributed by atoms with Gasteiger partial charge in [0, 0.05) is 16.7 Å². The lowest BCUT2D eigenvalue weighted by Crippen LogP contribution is -2.44. The van der Waals surface area contributed by atoms with Crippen LogP contribution in [0.25, 0.3) is 0 Å². The van der Waals surface area contributed by atoms with Crippen molar-refractivity contribution >= 4 is 29.7 Å². The summed E-state index contributed by atoms with van der Waals surface area (Å²) < 4.78 is 9.57. The molecule has 2 amide bonds. The molecule has 1 heterocycles. The van der Waals surface area contributed by atoms with Crippen molar-refractivity contribution in [2.45, 2.75) is 25.5 Å². The first-order valence-electron chi connectivity index (χ1n) is 6.60. The standard InChI is InChI=1S/C13H20N2O5S/c1-4-20-12(17)9-6-14-13(18)15-10(9)7-21-8(2)5-11(16)19-3/h8H,4-7H2,1-3H3,(H2,14,15,18). The Labute approximate surface area is 127 Å². The zero-order valence-electron chi connectivity index (χ0n) is 12.4. The summed E-state index contributed by atoms with van der Waals surface area (Å²) in [4.78, 5) is 34.4. The van der Waals surface area contributed by atoms with E-state index in [1.165, 1.54) is 18.9 Å². The van der Waals surface area contributed by atoms with Crippen molar-refractivity contribution in [1.82, 2.24) is 10.6 Å². The monoisotopic (exact) mass is 316 g/mol. The molecule has 1 aliphatic rings. The highest BCUT2D eigenvalue weighted by Gasteiger charge is 2.24. The number of thioether (sulfide) groups is 1. The van der Waals surface area contributed by atoms with Gasteiger partial charge in [0.05, 0.1) is 32.3 Å². The van der Waals surface area contributed by atoms with Crippen molar-refractivity contribution in [3.63, 3.8) is 0 Å². The number of methoxy groups -OCH3 is 1. The Balaban J connectivity index is 2.67. The second-order valence-electron chi connectivity index (χ2n) is 4.39. The molecule has 0 radical (unpaired) electrons. The number of carbonyl (C=O) groups excluding carboxylic acids is 3. The summed E-state index contributed by atoms with van der Waals surface area (Å²) in [6, 6.07) is -0.348. The fourth-order valence-corrected chi connectivity index (χ4v) is 2.62. The van der Waals surface area contributed by atoms with E-state index in [2.05, 4.69) is 15.4 Å². The van der Waals surface area contributed by atoms with Crippen molar-refractivity contribution in [2.24, 2.45) is 0 Å². The van der Waals surface area contributed by atoms with E-state index in [1.807, 2.05) is 6.92 Å². The predicted molar refractivity (Wildman–Crippen MR) is 78.7 cm³/mol. The topological polar surface area (TPSA) is 93.7 Å². The molecule has 0 aromatic heterocycles. The fraction of sp³-hybridized carbons (Fsp3) is 0.615. The first kappa shape index (κ1) is 17.4. The molecule has 0 saturated heterocycles. The third-order valence-corrected chi connectivity index (χ3v) is 3.96. The van der Waals surface area contributed by atoms with Gasteiger partial charge < -0.3 is 20.1 Å². The van der Waals surface area contributed by atoms with Crippen LogP contribution >= 0.6 is 11.8 Å². The van der Waals surface area contributed by atoms with E-state index in [-0.39, 0.29) is 36.8 Å². The molecule has 1 aliphatic heterocycles. The Morgan fingerprint density at radius 2 is 2.14 bits per heavy atom. The number of hydrogen-bond donors (Lipinski definition) is 2. The van der Waals surface area contributed by atoms with Gasteiger partial charge in [0.25, 0.3) is 0 Å². The summed E-state index contributed by atoms with van der Waals surface area (Å²) in [7, 11) is 1.34. The Morgan fingerprint density at radius 3 is 2.76 bits per heavy atom. The molecule has 1 rings (SSSR count). The molecule has 8 heteroatoms. The molecule has 0 saturated carbocycles.